The van der Waals surface area contributed by atoms with E-state index < -0.39 is 12.0 Å². The molecule has 0 radical (unpaired) electrons. The van der Waals surface area contributed by atoms with Gasteiger partial charge in [-0.05, 0) is 5.56 Å². The molecule has 92 valence electrons. The van der Waals surface area contributed by atoms with E-state index in [2.05, 4.69) is 10.1 Å². The van der Waals surface area contributed by atoms with Gasteiger partial charge in [-0.15, -0.1) is 0 Å². The minimum atomic E-state index is -0.962. The molecule has 1 unspecified atom stereocenters. The molecule has 0 fully saturated rings. The predicted molar refractivity (Wildman–Crippen MR) is 61.5 cm³/mol. The number of benzene rings is 1. The molecule has 0 saturated carbocycles. The van der Waals surface area contributed by atoms with Gasteiger partial charge in [0.15, 0.2) is 0 Å². The van der Waals surface area contributed by atoms with Crippen molar-refractivity contribution in [1.29, 1.82) is 0 Å². The minimum Gasteiger partial charge on any atom is -0.481 e. The average Bonchev–Trinajstić information content (AvgIpc) is 2.29. The highest BCUT2D eigenvalue weighted by Crippen LogP contribution is 2.16. The Kier molecular flexibility index (Phi) is 5.16. The molecular weight excluding hydrogens is 222 g/mol. The zero-order chi connectivity index (χ0) is 12.7. The number of amides is 1. The van der Waals surface area contributed by atoms with Gasteiger partial charge in [0.2, 0.25) is 5.91 Å². The van der Waals surface area contributed by atoms with E-state index in [1.54, 1.807) is 24.3 Å². The first-order chi connectivity index (χ1) is 8.13. The Hall–Kier alpha value is -1.88. The van der Waals surface area contributed by atoms with Gasteiger partial charge in [0.25, 0.3) is 0 Å². The van der Waals surface area contributed by atoms with E-state index in [1.807, 2.05) is 6.07 Å². The normalized spacial score (nSPS) is 11.8. The number of methoxy groups -OCH3 is 1. The molecule has 5 heteroatoms. The molecule has 1 atom stereocenters. The molecule has 0 bridgehead atoms. The first-order valence-corrected chi connectivity index (χ1v) is 5.18. The molecule has 0 aliphatic rings. The Labute approximate surface area is 99.4 Å². The molecule has 1 aromatic rings. The fourth-order valence-corrected chi connectivity index (χ4v) is 1.48. The van der Waals surface area contributed by atoms with Gasteiger partial charge in [-0.25, -0.2) is 0 Å². The number of carbonyl (C=O) groups is 2. The average molecular weight is 237 g/mol. The lowest BCUT2D eigenvalue weighted by atomic mass is 10.0. The van der Waals surface area contributed by atoms with Crippen molar-refractivity contribution in [2.75, 3.05) is 13.7 Å². The molecule has 17 heavy (non-hydrogen) atoms. The summed E-state index contributed by atoms with van der Waals surface area (Å²) in [4.78, 5) is 22.1. The van der Waals surface area contributed by atoms with Crippen molar-refractivity contribution < 1.29 is 19.4 Å². The fraction of sp³-hybridized carbons (Fsp3) is 0.333. The smallest absolute Gasteiger partial charge is 0.305 e. The number of nitrogens with one attached hydrogen (secondary N) is 1. The maximum atomic E-state index is 11.4. The summed E-state index contributed by atoms with van der Waals surface area (Å²) in [5.74, 6) is -1.29. The summed E-state index contributed by atoms with van der Waals surface area (Å²) >= 11 is 0. The lowest BCUT2D eigenvalue weighted by Gasteiger charge is -2.17. The number of carboxylic acids is 1. The van der Waals surface area contributed by atoms with Gasteiger partial charge in [-0.2, -0.15) is 0 Å². The third-order valence-corrected chi connectivity index (χ3v) is 2.19. The van der Waals surface area contributed by atoms with Crippen LogP contribution in [0.3, 0.4) is 0 Å². The second-order valence-corrected chi connectivity index (χ2v) is 3.56. The summed E-state index contributed by atoms with van der Waals surface area (Å²) in [5, 5.41) is 11.4. The molecule has 0 aliphatic heterocycles. The Morgan fingerprint density at radius 2 is 2.00 bits per heavy atom. The zero-order valence-electron chi connectivity index (χ0n) is 9.55. The maximum absolute atomic E-state index is 11.4. The topological polar surface area (TPSA) is 75.6 Å². The Bertz CT molecular complexity index is 377. The summed E-state index contributed by atoms with van der Waals surface area (Å²) < 4.78 is 4.69. The van der Waals surface area contributed by atoms with Crippen molar-refractivity contribution in [2.24, 2.45) is 0 Å². The summed E-state index contributed by atoms with van der Waals surface area (Å²) in [6.07, 6.45) is -0.153. The van der Waals surface area contributed by atoms with Gasteiger partial charge < -0.3 is 15.2 Å². The zero-order valence-corrected chi connectivity index (χ0v) is 9.55. The van der Waals surface area contributed by atoms with Crippen molar-refractivity contribution in [2.45, 2.75) is 12.5 Å². The van der Waals surface area contributed by atoms with Crippen molar-refractivity contribution in [3.63, 3.8) is 0 Å². The van der Waals surface area contributed by atoms with Crippen LogP contribution in [0.15, 0.2) is 30.3 Å². The molecule has 0 saturated heterocycles. The third kappa shape index (κ3) is 4.65. The number of aliphatic carboxylic acids is 1. The lowest BCUT2D eigenvalue weighted by Crippen LogP contribution is -2.32. The Morgan fingerprint density at radius 3 is 2.53 bits per heavy atom. The van der Waals surface area contributed by atoms with Crippen LogP contribution in [0.25, 0.3) is 0 Å². The van der Waals surface area contributed by atoms with Crippen molar-refractivity contribution in [3.05, 3.63) is 35.9 Å². The maximum Gasteiger partial charge on any atom is 0.305 e. The van der Waals surface area contributed by atoms with E-state index in [4.69, 9.17) is 5.11 Å². The van der Waals surface area contributed by atoms with E-state index in [-0.39, 0.29) is 18.9 Å². The molecule has 1 aromatic carbocycles. The van der Waals surface area contributed by atoms with E-state index in [0.717, 1.165) is 5.56 Å². The van der Waals surface area contributed by atoms with Crippen LogP contribution in [0.1, 0.15) is 18.0 Å². The number of hydrogen-bond acceptors (Lipinski definition) is 3. The molecule has 0 heterocycles. The van der Waals surface area contributed by atoms with Gasteiger partial charge >= 0.3 is 5.97 Å². The van der Waals surface area contributed by atoms with Crippen molar-refractivity contribution in [3.8, 4) is 0 Å². The van der Waals surface area contributed by atoms with Crippen molar-refractivity contribution >= 4 is 11.9 Å². The van der Waals surface area contributed by atoms with E-state index in [1.165, 1.54) is 7.11 Å². The number of carboxylic acid groups (broad SMARTS) is 1. The molecule has 1 rings (SSSR count). The van der Waals surface area contributed by atoms with Crippen LogP contribution in [0.5, 0.6) is 0 Å². The summed E-state index contributed by atoms with van der Waals surface area (Å²) in [5.41, 5.74) is 0.763. The molecule has 5 nitrogen and oxygen atoms in total. The largest absolute Gasteiger partial charge is 0.481 e. The number of hydrogen-bond donors (Lipinski definition) is 2. The van der Waals surface area contributed by atoms with Crippen LogP contribution in [0, 0.1) is 0 Å². The predicted octanol–water partition coefficient (Wildman–Crippen LogP) is 0.965. The first-order valence-electron chi connectivity index (χ1n) is 5.18. The van der Waals surface area contributed by atoms with Crippen molar-refractivity contribution in [1.82, 2.24) is 5.32 Å². The number of ether oxygens (including phenoxy) is 1. The molecular formula is C12H15NO4. The number of carbonyl (C=O) groups excluding carboxylic acids is 1. The summed E-state index contributed by atoms with van der Waals surface area (Å²) in [6.45, 7) is -0.0804. The van der Waals surface area contributed by atoms with E-state index in [0.29, 0.717) is 0 Å². The highest BCUT2D eigenvalue weighted by molar-refractivity contribution is 5.78. The second kappa shape index (κ2) is 6.65. The summed E-state index contributed by atoms with van der Waals surface area (Å²) in [6, 6.07) is 8.45. The quantitative estimate of drug-likeness (QED) is 0.772. The van der Waals surface area contributed by atoms with Crippen LogP contribution < -0.4 is 5.32 Å². The fourth-order valence-electron chi connectivity index (χ4n) is 1.48. The lowest BCUT2D eigenvalue weighted by molar-refractivity contribution is -0.137. The SMILES string of the molecule is COCC(=O)NC(CC(=O)O)c1ccccc1. The molecule has 2 N–H and O–H groups in total. The van der Waals surface area contributed by atoms with Crippen LogP contribution >= 0.6 is 0 Å². The molecule has 0 aliphatic carbocycles. The van der Waals surface area contributed by atoms with Gasteiger partial charge in [-0.1, -0.05) is 30.3 Å². The number of rotatable bonds is 6. The molecule has 0 aromatic heterocycles. The van der Waals surface area contributed by atoms with Crippen LogP contribution in [0.2, 0.25) is 0 Å². The van der Waals surface area contributed by atoms with Crippen LogP contribution in [-0.2, 0) is 14.3 Å². The first kappa shape index (κ1) is 13.2. The van der Waals surface area contributed by atoms with Crippen LogP contribution in [0.4, 0.5) is 0 Å². The van der Waals surface area contributed by atoms with Crippen LogP contribution in [-0.4, -0.2) is 30.7 Å². The molecule has 0 spiro atoms. The highest BCUT2D eigenvalue weighted by Gasteiger charge is 2.17. The second-order valence-electron chi connectivity index (χ2n) is 3.56. The van der Waals surface area contributed by atoms with Gasteiger partial charge in [-0.3, -0.25) is 9.59 Å². The Balaban J connectivity index is 2.74. The minimum absolute atomic E-state index is 0.0804. The highest BCUT2D eigenvalue weighted by atomic mass is 16.5. The van der Waals surface area contributed by atoms with E-state index in [9.17, 15) is 9.59 Å². The van der Waals surface area contributed by atoms with E-state index >= 15 is 0 Å². The van der Waals surface area contributed by atoms with Gasteiger partial charge in [0.05, 0.1) is 12.5 Å². The van der Waals surface area contributed by atoms with Gasteiger partial charge in [0.1, 0.15) is 6.61 Å². The Morgan fingerprint density at radius 1 is 1.35 bits per heavy atom. The monoisotopic (exact) mass is 237 g/mol. The van der Waals surface area contributed by atoms with Gasteiger partial charge in [0, 0.05) is 7.11 Å². The standard InChI is InChI=1S/C12H15NO4/c1-17-8-11(14)13-10(7-12(15)16)9-5-3-2-4-6-9/h2-6,10H,7-8H2,1H3,(H,13,14)(H,15,16). The summed E-state index contributed by atoms with van der Waals surface area (Å²) in [7, 11) is 1.41. The molecule has 1 amide bonds. The third-order valence-electron chi connectivity index (χ3n) is 2.19.